The summed E-state index contributed by atoms with van der Waals surface area (Å²) in [5.41, 5.74) is 3.24. The second kappa shape index (κ2) is 9.01. The number of hydrogen-bond acceptors (Lipinski definition) is 3. The summed E-state index contributed by atoms with van der Waals surface area (Å²) >= 11 is 5.96. The number of rotatable bonds is 8. The monoisotopic (exact) mass is 406 g/mol. The average Bonchev–Trinajstić information content (AvgIpc) is 3.10. The van der Waals surface area contributed by atoms with Crippen LogP contribution in [0.15, 0.2) is 72.8 Å². The van der Waals surface area contributed by atoms with Crippen molar-refractivity contribution in [1.29, 1.82) is 0 Å². The molecule has 29 heavy (non-hydrogen) atoms. The lowest BCUT2D eigenvalue weighted by Crippen LogP contribution is -2.08. The second-order valence-corrected chi connectivity index (χ2v) is 7.27. The molecule has 0 saturated carbocycles. The Kier molecular flexibility index (Phi) is 6.01. The average molecular weight is 407 g/mol. The van der Waals surface area contributed by atoms with Gasteiger partial charge in [0.1, 0.15) is 23.9 Å². The first kappa shape index (κ1) is 19.3. The molecule has 1 heterocycles. The minimum Gasteiger partial charge on any atom is -0.494 e. The smallest absolute Gasteiger partial charge is 0.148 e. The van der Waals surface area contributed by atoms with Gasteiger partial charge < -0.3 is 14.0 Å². The van der Waals surface area contributed by atoms with Crippen LogP contribution in [-0.2, 0) is 13.2 Å². The maximum Gasteiger partial charge on any atom is 0.148 e. The molecule has 0 aliphatic carbocycles. The van der Waals surface area contributed by atoms with Gasteiger partial charge in [0, 0.05) is 11.6 Å². The van der Waals surface area contributed by atoms with Crippen molar-refractivity contribution in [2.75, 3.05) is 6.61 Å². The van der Waals surface area contributed by atoms with Gasteiger partial charge in [-0.15, -0.1) is 0 Å². The third-order valence-electron chi connectivity index (χ3n) is 4.65. The first-order valence-corrected chi connectivity index (χ1v) is 10.1. The van der Waals surface area contributed by atoms with E-state index in [0.717, 1.165) is 41.4 Å². The van der Waals surface area contributed by atoms with Crippen LogP contribution in [0.25, 0.3) is 11.0 Å². The van der Waals surface area contributed by atoms with Crippen molar-refractivity contribution in [3.05, 3.63) is 89.2 Å². The van der Waals surface area contributed by atoms with Gasteiger partial charge in [0.25, 0.3) is 0 Å². The Morgan fingerprint density at radius 1 is 0.862 bits per heavy atom. The van der Waals surface area contributed by atoms with E-state index in [9.17, 15) is 0 Å². The summed E-state index contributed by atoms with van der Waals surface area (Å²) in [6, 6.07) is 23.8. The van der Waals surface area contributed by atoms with E-state index in [4.69, 9.17) is 26.1 Å². The summed E-state index contributed by atoms with van der Waals surface area (Å²) in [6.07, 6.45) is 1.000. The highest BCUT2D eigenvalue weighted by atomic mass is 35.5. The topological polar surface area (TPSA) is 36.3 Å². The third kappa shape index (κ3) is 4.72. The lowest BCUT2D eigenvalue weighted by Gasteiger charge is -2.12. The molecule has 148 valence electrons. The molecule has 3 aromatic carbocycles. The highest BCUT2D eigenvalue weighted by Gasteiger charge is 2.12. The van der Waals surface area contributed by atoms with Crippen molar-refractivity contribution < 1.29 is 9.47 Å². The molecule has 4 nitrogen and oxygen atoms in total. The van der Waals surface area contributed by atoms with Crippen LogP contribution in [0.1, 0.15) is 24.7 Å². The van der Waals surface area contributed by atoms with Gasteiger partial charge >= 0.3 is 0 Å². The maximum atomic E-state index is 5.96. The Labute approximate surface area is 175 Å². The van der Waals surface area contributed by atoms with Crippen LogP contribution in [0.3, 0.4) is 0 Å². The maximum absolute atomic E-state index is 5.96. The number of hydrogen-bond donors (Lipinski definition) is 0. The molecule has 0 saturated heterocycles. The molecule has 0 amide bonds. The zero-order valence-corrected chi connectivity index (χ0v) is 17.1. The van der Waals surface area contributed by atoms with Crippen LogP contribution in [0.5, 0.6) is 11.5 Å². The third-order valence-corrected chi connectivity index (χ3v) is 4.90. The molecule has 4 aromatic rings. The van der Waals surface area contributed by atoms with Gasteiger partial charge in [-0.1, -0.05) is 42.8 Å². The van der Waals surface area contributed by atoms with E-state index in [-0.39, 0.29) is 0 Å². The van der Waals surface area contributed by atoms with E-state index in [1.165, 1.54) is 5.56 Å². The SMILES string of the molecule is CCCOc1ccc(Cn2c(COc3ccc(Cl)cc3)nc3ccccc32)cc1. The van der Waals surface area contributed by atoms with Crippen molar-refractivity contribution in [2.45, 2.75) is 26.5 Å². The largest absolute Gasteiger partial charge is 0.494 e. The second-order valence-electron chi connectivity index (χ2n) is 6.84. The molecule has 0 unspecified atom stereocenters. The highest BCUT2D eigenvalue weighted by molar-refractivity contribution is 6.30. The number of benzene rings is 3. The first-order valence-electron chi connectivity index (χ1n) is 9.77. The van der Waals surface area contributed by atoms with E-state index >= 15 is 0 Å². The van der Waals surface area contributed by atoms with Crippen molar-refractivity contribution in [2.24, 2.45) is 0 Å². The van der Waals surface area contributed by atoms with E-state index in [2.05, 4.69) is 29.7 Å². The summed E-state index contributed by atoms with van der Waals surface area (Å²) in [6.45, 7) is 3.94. The number of para-hydroxylation sites is 2. The Hall–Kier alpha value is -2.98. The molecule has 0 aliphatic heterocycles. The Balaban J connectivity index is 1.57. The van der Waals surface area contributed by atoms with Gasteiger partial charge in [-0.05, 0) is 60.5 Å². The number of imidazole rings is 1. The Bertz CT molecular complexity index is 1070. The molecule has 4 rings (SSSR count). The van der Waals surface area contributed by atoms with Gasteiger partial charge in [0.15, 0.2) is 0 Å². The van der Waals surface area contributed by atoms with Crippen LogP contribution in [0.2, 0.25) is 5.02 Å². The molecule has 5 heteroatoms. The Morgan fingerprint density at radius 3 is 2.31 bits per heavy atom. The van der Waals surface area contributed by atoms with Gasteiger partial charge in [-0.2, -0.15) is 0 Å². The fourth-order valence-electron chi connectivity index (χ4n) is 3.18. The number of halogens is 1. The fraction of sp³-hybridized carbons (Fsp3) is 0.208. The molecule has 0 N–H and O–H groups in total. The normalized spacial score (nSPS) is 11.0. The quantitative estimate of drug-likeness (QED) is 0.354. The molecular weight excluding hydrogens is 384 g/mol. The summed E-state index contributed by atoms with van der Waals surface area (Å²) in [4.78, 5) is 4.79. The highest BCUT2D eigenvalue weighted by Crippen LogP contribution is 2.22. The first-order chi connectivity index (χ1) is 14.2. The molecule has 0 aliphatic rings. The van der Waals surface area contributed by atoms with Crippen molar-refractivity contribution >= 4 is 22.6 Å². The van der Waals surface area contributed by atoms with Gasteiger partial charge in [-0.25, -0.2) is 4.98 Å². The van der Waals surface area contributed by atoms with E-state index in [0.29, 0.717) is 18.2 Å². The molecule has 0 atom stereocenters. The number of aromatic nitrogens is 2. The Morgan fingerprint density at radius 2 is 1.55 bits per heavy atom. The van der Waals surface area contributed by atoms with E-state index < -0.39 is 0 Å². The van der Waals surface area contributed by atoms with Crippen LogP contribution < -0.4 is 9.47 Å². The van der Waals surface area contributed by atoms with E-state index in [1.807, 2.05) is 54.6 Å². The lowest BCUT2D eigenvalue weighted by molar-refractivity contribution is 0.291. The zero-order chi connectivity index (χ0) is 20.1. The van der Waals surface area contributed by atoms with Crippen LogP contribution >= 0.6 is 11.6 Å². The number of nitrogens with zero attached hydrogens (tertiary/aromatic N) is 2. The van der Waals surface area contributed by atoms with E-state index in [1.54, 1.807) is 0 Å². The number of fused-ring (bicyclic) bond motifs is 1. The number of ether oxygens (including phenoxy) is 2. The minimum absolute atomic E-state index is 0.383. The molecule has 0 bridgehead atoms. The molecule has 0 spiro atoms. The molecular formula is C24H23ClN2O2. The molecule has 1 aromatic heterocycles. The summed E-state index contributed by atoms with van der Waals surface area (Å²) in [7, 11) is 0. The molecule has 0 fully saturated rings. The van der Waals surface area contributed by atoms with Gasteiger partial charge in [-0.3, -0.25) is 0 Å². The van der Waals surface area contributed by atoms with Crippen molar-refractivity contribution in [1.82, 2.24) is 9.55 Å². The van der Waals surface area contributed by atoms with Crippen LogP contribution in [0, 0.1) is 0 Å². The van der Waals surface area contributed by atoms with Gasteiger partial charge in [0.05, 0.1) is 17.6 Å². The lowest BCUT2D eigenvalue weighted by atomic mass is 10.2. The molecule has 0 radical (unpaired) electrons. The fourth-order valence-corrected chi connectivity index (χ4v) is 3.31. The summed E-state index contributed by atoms with van der Waals surface area (Å²) < 4.78 is 13.8. The van der Waals surface area contributed by atoms with Crippen LogP contribution in [-0.4, -0.2) is 16.2 Å². The predicted molar refractivity (Wildman–Crippen MR) is 117 cm³/mol. The summed E-state index contributed by atoms with van der Waals surface area (Å²) in [5, 5.41) is 0.691. The summed E-state index contributed by atoms with van der Waals surface area (Å²) in [5.74, 6) is 2.55. The predicted octanol–water partition coefficient (Wildman–Crippen LogP) is 6.11. The minimum atomic E-state index is 0.383. The van der Waals surface area contributed by atoms with Crippen LogP contribution in [0.4, 0.5) is 0 Å². The van der Waals surface area contributed by atoms with Crippen molar-refractivity contribution in [3.63, 3.8) is 0 Å². The zero-order valence-electron chi connectivity index (χ0n) is 16.3. The standard InChI is InChI=1S/C24H23ClN2O2/c1-2-15-28-20-11-7-18(8-12-20)16-27-23-6-4-3-5-22(23)26-24(27)17-29-21-13-9-19(25)10-14-21/h3-14H,2,15-17H2,1H3. The van der Waals surface area contributed by atoms with Gasteiger partial charge in [0.2, 0.25) is 0 Å². The van der Waals surface area contributed by atoms with Crippen molar-refractivity contribution in [3.8, 4) is 11.5 Å².